The molecule has 0 fully saturated rings. The summed E-state index contributed by atoms with van der Waals surface area (Å²) >= 11 is 0. The van der Waals surface area contributed by atoms with Gasteiger partial charge in [0.05, 0.1) is 11.7 Å². The van der Waals surface area contributed by atoms with Crippen molar-refractivity contribution in [2.24, 2.45) is 0 Å². The number of pyridine rings is 1. The van der Waals surface area contributed by atoms with Crippen molar-refractivity contribution in [2.75, 3.05) is 6.54 Å². The smallest absolute Gasteiger partial charge is 0.115 e. The number of phenols is 1. The molecule has 1 atom stereocenters. The third-order valence-corrected chi connectivity index (χ3v) is 3.40. The van der Waals surface area contributed by atoms with Crippen LogP contribution >= 0.6 is 0 Å². The number of hydrogen-bond donors (Lipinski definition) is 2. The predicted molar refractivity (Wildman–Crippen MR) is 81.8 cm³/mol. The van der Waals surface area contributed by atoms with Gasteiger partial charge in [-0.15, -0.1) is 0 Å². The van der Waals surface area contributed by atoms with Crippen LogP contribution in [0.2, 0.25) is 0 Å². The fraction of sp³-hybridized carbons (Fsp3) is 0.353. The number of hydrogen-bond acceptors (Lipinski definition) is 3. The van der Waals surface area contributed by atoms with Gasteiger partial charge in [0.2, 0.25) is 0 Å². The van der Waals surface area contributed by atoms with Gasteiger partial charge in [-0.05, 0) is 55.6 Å². The Hall–Kier alpha value is -1.87. The van der Waals surface area contributed by atoms with E-state index < -0.39 is 0 Å². The molecule has 3 nitrogen and oxygen atoms in total. The Morgan fingerprint density at radius 3 is 2.60 bits per heavy atom. The first-order valence-electron chi connectivity index (χ1n) is 7.13. The second-order valence-electron chi connectivity index (χ2n) is 5.08. The highest BCUT2D eigenvalue weighted by Crippen LogP contribution is 2.21. The summed E-state index contributed by atoms with van der Waals surface area (Å²) in [6.07, 6.45) is 3.82. The molecule has 0 aliphatic heterocycles. The molecule has 20 heavy (non-hydrogen) atoms. The number of aromatic hydroxyl groups is 1. The Balaban J connectivity index is 2.19. The number of nitrogens with one attached hydrogen (secondary N) is 1. The van der Waals surface area contributed by atoms with Crippen LogP contribution in [0.1, 0.15) is 36.2 Å². The summed E-state index contributed by atoms with van der Waals surface area (Å²) in [6, 6.07) is 11.7. The number of benzene rings is 1. The van der Waals surface area contributed by atoms with Crippen molar-refractivity contribution in [3.8, 4) is 5.75 Å². The van der Waals surface area contributed by atoms with Gasteiger partial charge in [-0.3, -0.25) is 4.98 Å². The Kier molecular flexibility index (Phi) is 5.13. The van der Waals surface area contributed by atoms with Crippen LogP contribution in [0.3, 0.4) is 0 Å². The highest BCUT2D eigenvalue weighted by atomic mass is 16.3. The van der Waals surface area contributed by atoms with E-state index in [9.17, 15) is 5.11 Å². The Morgan fingerprint density at radius 1 is 1.20 bits per heavy atom. The topological polar surface area (TPSA) is 45.1 Å². The molecule has 1 heterocycles. The molecule has 2 aromatic rings. The zero-order chi connectivity index (χ0) is 14.4. The third-order valence-electron chi connectivity index (χ3n) is 3.40. The summed E-state index contributed by atoms with van der Waals surface area (Å²) in [5.41, 5.74) is 3.51. The summed E-state index contributed by atoms with van der Waals surface area (Å²) < 4.78 is 0. The van der Waals surface area contributed by atoms with Crippen molar-refractivity contribution >= 4 is 0 Å². The summed E-state index contributed by atoms with van der Waals surface area (Å²) in [7, 11) is 0. The standard InChI is InChI=1S/C17H22N2O/c1-3-10-18-16(17-13(2)5-4-11-19-17)12-14-6-8-15(20)9-7-14/h4-9,11,16,18,20H,3,10,12H2,1-2H3. The molecule has 2 N–H and O–H groups in total. The van der Waals surface area contributed by atoms with E-state index in [1.165, 1.54) is 11.1 Å². The molecule has 0 saturated carbocycles. The van der Waals surface area contributed by atoms with Crippen molar-refractivity contribution < 1.29 is 5.11 Å². The zero-order valence-corrected chi connectivity index (χ0v) is 12.1. The Bertz CT molecular complexity index is 537. The minimum atomic E-state index is 0.209. The van der Waals surface area contributed by atoms with E-state index in [1.54, 1.807) is 12.1 Å². The summed E-state index contributed by atoms with van der Waals surface area (Å²) in [6.45, 7) is 5.23. The first-order valence-corrected chi connectivity index (χ1v) is 7.13. The maximum atomic E-state index is 9.37. The second-order valence-corrected chi connectivity index (χ2v) is 5.08. The lowest BCUT2D eigenvalue weighted by molar-refractivity contribution is 0.474. The molecule has 1 aromatic heterocycles. The zero-order valence-electron chi connectivity index (χ0n) is 12.1. The molecule has 0 spiro atoms. The van der Waals surface area contributed by atoms with Crippen LogP contribution < -0.4 is 5.32 Å². The summed E-state index contributed by atoms with van der Waals surface area (Å²) in [5, 5.41) is 12.9. The number of aromatic nitrogens is 1. The van der Waals surface area contributed by atoms with Crippen molar-refractivity contribution in [2.45, 2.75) is 32.7 Å². The lowest BCUT2D eigenvalue weighted by atomic mass is 9.99. The molecule has 106 valence electrons. The van der Waals surface area contributed by atoms with Crippen molar-refractivity contribution in [1.82, 2.24) is 10.3 Å². The van der Waals surface area contributed by atoms with Gasteiger partial charge in [0.1, 0.15) is 5.75 Å². The largest absolute Gasteiger partial charge is 0.508 e. The fourth-order valence-electron chi connectivity index (χ4n) is 2.31. The molecule has 1 unspecified atom stereocenters. The van der Waals surface area contributed by atoms with Crippen molar-refractivity contribution in [3.63, 3.8) is 0 Å². The molecule has 3 heteroatoms. The van der Waals surface area contributed by atoms with Crippen LogP contribution in [-0.2, 0) is 6.42 Å². The van der Waals surface area contributed by atoms with Crippen LogP contribution in [0.25, 0.3) is 0 Å². The molecule has 0 aliphatic carbocycles. The van der Waals surface area contributed by atoms with Gasteiger partial charge < -0.3 is 10.4 Å². The first-order chi connectivity index (χ1) is 9.70. The summed E-state index contributed by atoms with van der Waals surface area (Å²) in [4.78, 5) is 4.53. The van der Waals surface area contributed by atoms with Gasteiger partial charge in [-0.2, -0.15) is 0 Å². The minimum absolute atomic E-state index is 0.209. The monoisotopic (exact) mass is 270 g/mol. The van der Waals surface area contributed by atoms with E-state index in [-0.39, 0.29) is 6.04 Å². The number of phenolic OH excluding ortho intramolecular Hbond substituents is 1. The van der Waals surface area contributed by atoms with Gasteiger partial charge in [-0.25, -0.2) is 0 Å². The quantitative estimate of drug-likeness (QED) is 0.846. The van der Waals surface area contributed by atoms with Gasteiger partial charge >= 0.3 is 0 Å². The molecule has 0 aliphatic rings. The normalized spacial score (nSPS) is 12.3. The van der Waals surface area contributed by atoms with Gasteiger partial charge in [0, 0.05) is 6.20 Å². The Labute approximate surface area is 120 Å². The van der Waals surface area contributed by atoms with Crippen LogP contribution in [0, 0.1) is 6.92 Å². The van der Waals surface area contributed by atoms with E-state index in [4.69, 9.17) is 0 Å². The molecule has 1 aromatic carbocycles. The summed E-state index contributed by atoms with van der Waals surface area (Å²) in [5.74, 6) is 0.306. The minimum Gasteiger partial charge on any atom is -0.508 e. The molecule has 0 radical (unpaired) electrons. The van der Waals surface area contributed by atoms with Gasteiger partial charge in [0.25, 0.3) is 0 Å². The maximum absolute atomic E-state index is 9.37. The van der Waals surface area contributed by atoms with Gasteiger partial charge in [0.15, 0.2) is 0 Å². The van der Waals surface area contributed by atoms with E-state index in [2.05, 4.69) is 30.2 Å². The van der Waals surface area contributed by atoms with E-state index in [1.807, 2.05) is 24.4 Å². The molecular weight excluding hydrogens is 248 g/mol. The second kappa shape index (κ2) is 7.06. The highest BCUT2D eigenvalue weighted by Gasteiger charge is 2.14. The van der Waals surface area contributed by atoms with Crippen LogP contribution in [0.15, 0.2) is 42.6 Å². The highest BCUT2D eigenvalue weighted by molar-refractivity contribution is 5.29. The number of rotatable bonds is 6. The maximum Gasteiger partial charge on any atom is 0.115 e. The lowest BCUT2D eigenvalue weighted by Crippen LogP contribution is -2.25. The average molecular weight is 270 g/mol. The lowest BCUT2D eigenvalue weighted by Gasteiger charge is -2.20. The molecular formula is C17H22N2O. The van der Waals surface area contributed by atoms with Gasteiger partial charge in [-0.1, -0.05) is 25.1 Å². The molecule has 0 bridgehead atoms. The van der Waals surface area contributed by atoms with Crippen LogP contribution in [0.4, 0.5) is 0 Å². The van der Waals surface area contributed by atoms with Crippen molar-refractivity contribution in [3.05, 3.63) is 59.4 Å². The molecule has 0 amide bonds. The number of aryl methyl sites for hydroxylation is 1. The SMILES string of the molecule is CCCNC(Cc1ccc(O)cc1)c1ncccc1C. The van der Waals surface area contributed by atoms with Crippen LogP contribution in [0.5, 0.6) is 5.75 Å². The first kappa shape index (κ1) is 14.5. The van der Waals surface area contributed by atoms with Crippen molar-refractivity contribution in [1.29, 1.82) is 0 Å². The average Bonchev–Trinajstić information content (AvgIpc) is 2.46. The third kappa shape index (κ3) is 3.81. The Morgan fingerprint density at radius 2 is 1.95 bits per heavy atom. The fourth-order valence-corrected chi connectivity index (χ4v) is 2.31. The predicted octanol–water partition coefficient (Wildman–Crippen LogP) is 3.38. The number of nitrogens with zero attached hydrogens (tertiary/aromatic N) is 1. The van der Waals surface area contributed by atoms with Crippen LogP contribution in [-0.4, -0.2) is 16.6 Å². The van der Waals surface area contributed by atoms with E-state index in [0.29, 0.717) is 5.75 Å². The van der Waals surface area contributed by atoms with E-state index >= 15 is 0 Å². The molecule has 0 saturated heterocycles. The molecule has 2 rings (SSSR count). The van der Waals surface area contributed by atoms with E-state index in [0.717, 1.165) is 25.1 Å².